The van der Waals surface area contributed by atoms with Gasteiger partial charge in [0, 0.05) is 29.2 Å². The summed E-state index contributed by atoms with van der Waals surface area (Å²) in [7, 11) is 0. The molecule has 9 nitrogen and oxygen atoms in total. The number of rotatable bonds is 4. The van der Waals surface area contributed by atoms with Crippen LogP contribution in [0, 0.1) is 13.8 Å². The fourth-order valence-electron chi connectivity index (χ4n) is 3.90. The molecule has 0 radical (unpaired) electrons. The Hall–Kier alpha value is -3.71. The highest BCUT2D eigenvalue weighted by Crippen LogP contribution is 2.33. The third-order valence-electron chi connectivity index (χ3n) is 5.15. The Labute approximate surface area is 180 Å². The molecule has 0 saturated heterocycles. The lowest BCUT2D eigenvalue weighted by molar-refractivity contribution is -0.191. The van der Waals surface area contributed by atoms with Gasteiger partial charge in [-0.2, -0.15) is 14.6 Å². The second kappa shape index (κ2) is 9.86. The molecule has 0 aliphatic heterocycles. The molecule has 0 spiro atoms. The standard InChI is InChI=1S/C21H26N6O.CO2/c1-12-10-16(22)20-17(24-12)4-3-5-18(20)28-15-8-6-14(7-9-15)26-19-11-13(2)25-21(23)27-19;2-1-3/h3-5,10-11,14-15H,6-9H2,1-2H3,(H2,22,24)(H3,23,25,26,27);. The molecule has 1 saturated carbocycles. The van der Waals surface area contributed by atoms with Crippen LogP contribution < -0.4 is 21.5 Å². The van der Waals surface area contributed by atoms with Crippen molar-refractivity contribution < 1.29 is 14.3 Å². The van der Waals surface area contributed by atoms with E-state index < -0.39 is 0 Å². The molecule has 3 aromatic rings. The maximum Gasteiger partial charge on any atom is 0.373 e. The third-order valence-corrected chi connectivity index (χ3v) is 5.15. The lowest BCUT2D eigenvalue weighted by atomic mass is 9.93. The molecule has 0 amide bonds. The molecular formula is C22H26N6O3. The number of nitrogens with two attached hydrogens (primary N) is 2. The van der Waals surface area contributed by atoms with E-state index in [2.05, 4.69) is 20.3 Å². The van der Waals surface area contributed by atoms with Crippen LogP contribution in [0.5, 0.6) is 5.75 Å². The van der Waals surface area contributed by atoms with E-state index in [-0.39, 0.29) is 12.3 Å². The van der Waals surface area contributed by atoms with Crippen LogP contribution in [0.3, 0.4) is 0 Å². The average Bonchev–Trinajstić information content (AvgIpc) is 2.69. The highest BCUT2D eigenvalue weighted by atomic mass is 16.5. The molecule has 4 rings (SSSR count). The average molecular weight is 422 g/mol. The Morgan fingerprint density at radius 1 is 1.00 bits per heavy atom. The number of nitrogens with zero attached hydrogens (tertiary/aromatic N) is 3. The second-order valence-corrected chi connectivity index (χ2v) is 7.58. The van der Waals surface area contributed by atoms with Crippen LogP contribution in [0.1, 0.15) is 37.1 Å². The van der Waals surface area contributed by atoms with E-state index in [1.54, 1.807) is 0 Å². The first kappa shape index (κ1) is 22.0. The lowest BCUT2D eigenvalue weighted by Crippen LogP contribution is -2.31. The molecule has 1 aliphatic carbocycles. The quantitative estimate of drug-likeness (QED) is 0.577. The highest BCUT2D eigenvalue weighted by molar-refractivity contribution is 5.95. The minimum Gasteiger partial charge on any atom is -0.490 e. The van der Waals surface area contributed by atoms with E-state index in [0.717, 1.165) is 59.5 Å². The zero-order valence-electron chi connectivity index (χ0n) is 17.6. The maximum atomic E-state index is 8.12. The lowest BCUT2D eigenvalue weighted by Gasteiger charge is -2.30. The molecule has 0 bridgehead atoms. The summed E-state index contributed by atoms with van der Waals surface area (Å²) in [6.07, 6.45) is 4.36. The largest absolute Gasteiger partial charge is 0.490 e. The normalized spacial score (nSPS) is 17.9. The van der Waals surface area contributed by atoms with Crippen molar-refractivity contribution in [3.8, 4) is 5.75 Å². The maximum absolute atomic E-state index is 8.12. The zero-order valence-corrected chi connectivity index (χ0v) is 17.6. The zero-order chi connectivity index (χ0) is 22.4. The number of anilines is 3. The molecule has 5 N–H and O–H groups in total. The molecule has 9 heteroatoms. The Balaban J connectivity index is 0.000000858. The van der Waals surface area contributed by atoms with Crippen molar-refractivity contribution in [3.63, 3.8) is 0 Å². The number of hydrogen-bond donors (Lipinski definition) is 3. The van der Waals surface area contributed by atoms with Crippen LogP contribution in [-0.4, -0.2) is 33.2 Å². The number of benzene rings is 1. The summed E-state index contributed by atoms with van der Waals surface area (Å²) in [5.41, 5.74) is 15.4. The Bertz CT molecular complexity index is 1070. The summed E-state index contributed by atoms with van der Waals surface area (Å²) in [5.74, 6) is 1.91. The number of carbonyl (C=O) groups excluding carboxylic acids is 2. The van der Waals surface area contributed by atoms with Gasteiger partial charge in [-0.3, -0.25) is 4.98 Å². The molecule has 0 unspecified atom stereocenters. The number of fused-ring (bicyclic) bond motifs is 1. The van der Waals surface area contributed by atoms with Gasteiger partial charge in [0.05, 0.1) is 17.0 Å². The molecule has 1 aromatic carbocycles. The van der Waals surface area contributed by atoms with Gasteiger partial charge in [-0.25, -0.2) is 4.98 Å². The van der Waals surface area contributed by atoms with Crippen LogP contribution in [0.25, 0.3) is 10.9 Å². The fraction of sp³-hybridized carbons (Fsp3) is 0.364. The molecule has 162 valence electrons. The first-order valence-corrected chi connectivity index (χ1v) is 10.1. The first-order chi connectivity index (χ1) is 14.9. The van der Waals surface area contributed by atoms with Gasteiger partial charge in [0.25, 0.3) is 0 Å². The summed E-state index contributed by atoms with van der Waals surface area (Å²) in [4.78, 5) is 29.2. The summed E-state index contributed by atoms with van der Waals surface area (Å²) in [6.45, 7) is 3.87. The van der Waals surface area contributed by atoms with Gasteiger partial charge in [0.2, 0.25) is 5.95 Å². The smallest absolute Gasteiger partial charge is 0.373 e. The van der Waals surface area contributed by atoms with E-state index in [1.807, 2.05) is 44.2 Å². The van der Waals surface area contributed by atoms with Crippen LogP contribution in [0.15, 0.2) is 30.3 Å². The molecule has 1 aliphatic rings. The van der Waals surface area contributed by atoms with Crippen molar-refractivity contribution in [3.05, 3.63) is 41.7 Å². The number of pyridine rings is 1. The molecule has 1 fully saturated rings. The van der Waals surface area contributed by atoms with Crippen molar-refractivity contribution in [1.82, 2.24) is 15.0 Å². The van der Waals surface area contributed by atoms with Gasteiger partial charge < -0.3 is 21.5 Å². The van der Waals surface area contributed by atoms with Crippen molar-refractivity contribution >= 4 is 34.5 Å². The van der Waals surface area contributed by atoms with Gasteiger partial charge in [-0.1, -0.05) is 6.07 Å². The Morgan fingerprint density at radius 2 is 1.68 bits per heavy atom. The number of nitrogens with one attached hydrogen (secondary N) is 1. The Morgan fingerprint density at radius 3 is 2.35 bits per heavy atom. The van der Waals surface area contributed by atoms with Crippen LogP contribution in [0.4, 0.5) is 17.5 Å². The number of hydrogen-bond acceptors (Lipinski definition) is 9. The minimum absolute atomic E-state index is 0.168. The van der Waals surface area contributed by atoms with Crippen LogP contribution >= 0.6 is 0 Å². The van der Waals surface area contributed by atoms with Crippen molar-refractivity contribution in [2.24, 2.45) is 0 Å². The number of ether oxygens (including phenoxy) is 1. The Kier molecular flexibility index (Phi) is 6.99. The summed E-state index contributed by atoms with van der Waals surface area (Å²) in [6, 6.07) is 10.1. The SMILES string of the molecule is Cc1cc(NC2CCC(Oc3cccc4nc(C)cc(N)c34)CC2)nc(N)n1.O=C=O. The van der Waals surface area contributed by atoms with E-state index in [4.69, 9.17) is 25.8 Å². The highest BCUT2D eigenvalue weighted by Gasteiger charge is 2.23. The second-order valence-electron chi connectivity index (χ2n) is 7.58. The van der Waals surface area contributed by atoms with Crippen molar-refractivity contribution in [2.75, 3.05) is 16.8 Å². The van der Waals surface area contributed by atoms with Gasteiger partial charge in [-0.05, 0) is 57.7 Å². The van der Waals surface area contributed by atoms with Gasteiger partial charge in [0.15, 0.2) is 0 Å². The van der Waals surface area contributed by atoms with E-state index in [0.29, 0.717) is 17.7 Å². The number of aromatic nitrogens is 3. The summed E-state index contributed by atoms with van der Waals surface area (Å²) in [5, 5.41) is 4.38. The molecule has 2 heterocycles. The van der Waals surface area contributed by atoms with E-state index in [9.17, 15) is 0 Å². The monoisotopic (exact) mass is 422 g/mol. The predicted molar refractivity (Wildman–Crippen MR) is 117 cm³/mol. The minimum atomic E-state index is 0.168. The summed E-state index contributed by atoms with van der Waals surface area (Å²) >= 11 is 0. The van der Waals surface area contributed by atoms with Crippen molar-refractivity contribution in [1.29, 1.82) is 0 Å². The summed E-state index contributed by atoms with van der Waals surface area (Å²) < 4.78 is 6.33. The van der Waals surface area contributed by atoms with E-state index >= 15 is 0 Å². The number of nitrogen functional groups attached to an aromatic ring is 2. The third kappa shape index (κ3) is 5.67. The van der Waals surface area contributed by atoms with Gasteiger partial charge >= 0.3 is 6.15 Å². The van der Waals surface area contributed by atoms with Gasteiger partial charge in [0.1, 0.15) is 11.6 Å². The van der Waals surface area contributed by atoms with Gasteiger partial charge in [-0.15, -0.1) is 0 Å². The van der Waals surface area contributed by atoms with Crippen molar-refractivity contribution in [2.45, 2.75) is 51.7 Å². The molecule has 31 heavy (non-hydrogen) atoms. The van der Waals surface area contributed by atoms with Crippen LogP contribution in [0.2, 0.25) is 0 Å². The number of aryl methyl sites for hydroxylation is 2. The molecular weight excluding hydrogens is 396 g/mol. The van der Waals surface area contributed by atoms with Crippen LogP contribution in [-0.2, 0) is 9.59 Å². The predicted octanol–water partition coefficient (Wildman–Crippen LogP) is 3.02. The molecule has 0 atom stereocenters. The fourth-order valence-corrected chi connectivity index (χ4v) is 3.90. The van der Waals surface area contributed by atoms with E-state index in [1.165, 1.54) is 0 Å². The topological polar surface area (TPSA) is 146 Å². The molecule has 2 aromatic heterocycles. The first-order valence-electron chi connectivity index (χ1n) is 10.1.